The Morgan fingerprint density at radius 2 is 1.76 bits per heavy atom. The van der Waals surface area contributed by atoms with Crippen molar-refractivity contribution in [2.75, 3.05) is 6.61 Å². The molecule has 9 nitrogen and oxygen atoms in total. The quantitative estimate of drug-likeness (QED) is 0.292. The molecule has 2 atom stereocenters. The predicted molar refractivity (Wildman–Crippen MR) is 134 cm³/mol. The first kappa shape index (κ1) is 27.8. The van der Waals surface area contributed by atoms with Gasteiger partial charge in [-0.15, -0.1) is 0 Å². The van der Waals surface area contributed by atoms with Gasteiger partial charge in [-0.05, 0) is 48.2 Å². The average Bonchev–Trinajstić information content (AvgIpc) is 3.22. The van der Waals surface area contributed by atoms with Crippen molar-refractivity contribution in [3.63, 3.8) is 0 Å². The molecule has 37 heavy (non-hydrogen) atoms. The third kappa shape index (κ3) is 7.37. The van der Waals surface area contributed by atoms with Crippen molar-refractivity contribution in [3.8, 4) is 11.6 Å². The summed E-state index contributed by atoms with van der Waals surface area (Å²) in [4.78, 5) is 24.0. The van der Waals surface area contributed by atoms with E-state index in [1.807, 2.05) is 45.0 Å². The molecule has 0 saturated carbocycles. The van der Waals surface area contributed by atoms with E-state index in [1.165, 1.54) is 28.9 Å². The van der Waals surface area contributed by atoms with Crippen LogP contribution in [-0.2, 0) is 11.3 Å². The Labute approximate surface area is 214 Å². The number of nitrogens with one attached hydrogen (secondary N) is 1. The van der Waals surface area contributed by atoms with Crippen LogP contribution in [0.1, 0.15) is 59.8 Å². The first-order chi connectivity index (χ1) is 17.6. The number of aromatic nitrogens is 2. The van der Waals surface area contributed by atoms with Crippen molar-refractivity contribution in [1.29, 1.82) is 0 Å². The zero-order valence-corrected chi connectivity index (χ0v) is 21.0. The van der Waals surface area contributed by atoms with Crippen LogP contribution in [0.3, 0.4) is 0 Å². The summed E-state index contributed by atoms with van der Waals surface area (Å²) in [7, 11) is 0. The molecule has 3 aromatic rings. The number of halogens is 1. The zero-order valence-electron chi connectivity index (χ0n) is 21.0. The maximum Gasteiger partial charge on any atom is 0.305 e. The highest BCUT2D eigenvalue weighted by atomic mass is 19.1. The molecule has 0 unspecified atom stereocenters. The number of aliphatic hydroxyl groups is 2. The number of aliphatic carboxylic acids is 1. The summed E-state index contributed by atoms with van der Waals surface area (Å²) >= 11 is 0. The Hall–Kier alpha value is -3.76. The lowest BCUT2D eigenvalue weighted by Gasteiger charge is -2.17. The highest BCUT2D eigenvalue weighted by Crippen LogP contribution is 2.33. The molecule has 0 aliphatic rings. The second-order valence-electron chi connectivity index (χ2n) is 9.17. The van der Waals surface area contributed by atoms with Crippen LogP contribution in [0.4, 0.5) is 4.39 Å². The summed E-state index contributed by atoms with van der Waals surface area (Å²) in [6.07, 6.45) is -3.14. The number of aryl methyl sites for hydroxylation is 1. The minimum atomic E-state index is -1.24. The van der Waals surface area contributed by atoms with E-state index in [0.29, 0.717) is 17.8 Å². The van der Waals surface area contributed by atoms with Gasteiger partial charge >= 0.3 is 5.97 Å². The normalized spacial score (nSPS) is 12.8. The molecule has 1 aromatic heterocycles. The third-order valence-corrected chi connectivity index (χ3v) is 5.81. The summed E-state index contributed by atoms with van der Waals surface area (Å²) < 4.78 is 20.9. The molecule has 4 N–H and O–H groups in total. The van der Waals surface area contributed by atoms with E-state index in [-0.39, 0.29) is 30.5 Å². The number of hydrogen-bond donors (Lipinski definition) is 4. The van der Waals surface area contributed by atoms with Gasteiger partial charge in [0.2, 0.25) is 5.88 Å². The Morgan fingerprint density at radius 3 is 2.38 bits per heavy atom. The first-order valence-corrected chi connectivity index (χ1v) is 12.0. The highest BCUT2D eigenvalue weighted by molar-refractivity contribution is 5.94. The first-order valence-electron chi connectivity index (χ1n) is 12.0. The van der Waals surface area contributed by atoms with Crippen molar-refractivity contribution in [1.82, 2.24) is 15.1 Å². The number of nitrogens with zero attached hydrogens (tertiary/aromatic N) is 2. The Balaban J connectivity index is 1.91. The zero-order chi connectivity index (χ0) is 27.1. The smallest absolute Gasteiger partial charge is 0.305 e. The molecule has 0 aliphatic heterocycles. The monoisotopic (exact) mass is 513 g/mol. The molecule has 0 fully saturated rings. The Kier molecular flexibility index (Phi) is 9.37. The molecule has 198 valence electrons. The fraction of sp³-hybridized carbons (Fsp3) is 0.370. The van der Waals surface area contributed by atoms with Crippen LogP contribution in [0, 0.1) is 12.7 Å². The van der Waals surface area contributed by atoms with Gasteiger partial charge < -0.3 is 25.4 Å². The van der Waals surface area contributed by atoms with Crippen LogP contribution in [0.25, 0.3) is 5.69 Å². The number of aliphatic hydroxyl groups excluding tert-OH is 2. The molecule has 0 aliphatic carbocycles. The van der Waals surface area contributed by atoms with E-state index in [4.69, 9.17) is 9.84 Å². The van der Waals surface area contributed by atoms with Crippen molar-refractivity contribution >= 4 is 11.9 Å². The summed E-state index contributed by atoms with van der Waals surface area (Å²) in [6.45, 7) is 5.69. The van der Waals surface area contributed by atoms with Crippen LogP contribution in [0.15, 0.2) is 48.5 Å². The van der Waals surface area contributed by atoms with Gasteiger partial charge in [0.25, 0.3) is 5.91 Å². The number of carbonyl (C=O) groups is 2. The highest BCUT2D eigenvalue weighted by Gasteiger charge is 2.28. The molecule has 0 radical (unpaired) electrons. The maximum absolute atomic E-state index is 13.6. The fourth-order valence-electron chi connectivity index (χ4n) is 3.91. The lowest BCUT2D eigenvalue weighted by molar-refractivity contribution is -0.139. The lowest BCUT2D eigenvalue weighted by Crippen LogP contribution is -2.26. The largest absolute Gasteiger partial charge is 0.481 e. The minimum absolute atomic E-state index is 0.128. The van der Waals surface area contributed by atoms with Crippen LogP contribution in [0.2, 0.25) is 0 Å². The number of amides is 1. The number of carboxylic acids is 1. The van der Waals surface area contributed by atoms with Gasteiger partial charge in [0.05, 0.1) is 24.3 Å². The SMILES string of the molecule is Cc1ccccc1CNC(=O)c1nn(-c2ccc(F)cc2)c(OC[C@@H](O)C[C@@H](O)CC(=O)O)c1C(C)C. The maximum atomic E-state index is 13.6. The molecule has 0 saturated heterocycles. The Morgan fingerprint density at radius 1 is 1.08 bits per heavy atom. The van der Waals surface area contributed by atoms with Gasteiger partial charge in [0, 0.05) is 18.5 Å². The van der Waals surface area contributed by atoms with Crippen molar-refractivity contribution in [2.45, 2.75) is 58.3 Å². The Bertz CT molecular complexity index is 1230. The van der Waals surface area contributed by atoms with Gasteiger partial charge in [-0.1, -0.05) is 38.1 Å². The van der Waals surface area contributed by atoms with Crippen molar-refractivity contribution in [3.05, 3.63) is 76.7 Å². The van der Waals surface area contributed by atoms with E-state index in [2.05, 4.69) is 10.4 Å². The second-order valence-corrected chi connectivity index (χ2v) is 9.17. The molecule has 10 heteroatoms. The standard InChI is InChI=1S/C27H32FN3O6/c1-16(2)24-25(26(36)29-14-18-7-5-4-6-17(18)3)30-31(20-10-8-19(28)9-11-20)27(24)37-15-22(33)12-21(32)13-23(34)35/h4-11,16,21-22,32-33H,12-15H2,1-3H3,(H,29,36)(H,34,35)/t21-,22+/m1/s1. The minimum Gasteiger partial charge on any atom is -0.481 e. The summed E-state index contributed by atoms with van der Waals surface area (Å²) in [5.41, 5.74) is 3.05. The number of rotatable bonds is 12. The number of benzene rings is 2. The third-order valence-electron chi connectivity index (χ3n) is 5.81. The number of hydrogen-bond acceptors (Lipinski definition) is 6. The summed E-state index contributed by atoms with van der Waals surface area (Å²) in [5, 5.41) is 36.4. The molecule has 1 amide bonds. The van der Waals surface area contributed by atoms with Crippen LogP contribution in [-0.4, -0.2) is 55.8 Å². The predicted octanol–water partition coefficient (Wildman–Crippen LogP) is 3.34. The van der Waals surface area contributed by atoms with Gasteiger partial charge in [0.1, 0.15) is 12.4 Å². The molecular weight excluding hydrogens is 481 g/mol. The molecule has 0 spiro atoms. The van der Waals surface area contributed by atoms with Crippen LogP contribution < -0.4 is 10.1 Å². The van der Waals surface area contributed by atoms with E-state index in [9.17, 15) is 24.2 Å². The van der Waals surface area contributed by atoms with Crippen molar-refractivity contribution < 1.29 is 34.0 Å². The molecule has 1 heterocycles. The average molecular weight is 514 g/mol. The number of carbonyl (C=O) groups excluding carboxylic acids is 1. The fourth-order valence-corrected chi connectivity index (χ4v) is 3.91. The molecule has 0 bridgehead atoms. The molecular formula is C27H32FN3O6. The van der Waals surface area contributed by atoms with Crippen LogP contribution in [0.5, 0.6) is 5.88 Å². The van der Waals surface area contributed by atoms with E-state index >= 15 is 0 Å². The number of carboxylic acid groups (broad SMARTS) is 1. The van der Waals surface area contributed by atoms with Gasteiger partial charge in [0.15, 0.2) is 5.69 Å². The molecule has 2 aromatic carbocycles. The lowest BCUT2D eigenvalue weighted by atomic mass is 10.0. The van der Waals surface area contributed by atoms with Crippen molar-refractivity contribution in [2.24, 2.45) is 0 Å². The van der Waals surface area contributed by atoms with E-state index in [0.717, 1.165) is 11.1 Å². The second kappa shape index (κ2) is 12.5. The van der Waals surface area contributed by atoms with Gasteiger partial charge in [-0.3, -0.25) is 9.59 Å². The summed E-state index contributed by atoms with van der Waals surface area (Å²) in [5.74, 6) is -2.07. The number of ether oxygens (including phenoxy) is 1. The van der Waals surface area contributed by atoms with Crippen LogP contribution >= 0.6 is 0 Å². The molecule has 3 rings (SSSR count). The summed E-state index contributed by atoms with van der Waals surface area (Å²) in [6, 6.07) is 13.2. The van der Waals surface area contributed by atoms with Gasteiger partial charge in [-0.25, -0.2) is 9.07 Å². The topological polar surface area (TPSA) is 134 Å². The van der Waals surface area contributed by atoms with Gasteiger partial charge in [-0.2, -0.15) is 5.10 Å². The van der Waals surface area contributed by atoms with E-state index < -0.39 is 36.3 Å². The van der Waals surface area contributed by atoms with E-state index in [1.54, 1.807) is 0 Å².